The van der Waals surface area contributed by atoms with Gasteiger partial charge in [0.1, 0.15) is 5.82 Å². The number of urea groups is 1. The smallest absolute Gasteiger partial charge is 0.319 e. The third-order valence-corrected chi connectivity index (χ3v) is 4.64. The molecular formula is C14H22N4O. The minimum atomic E-state index is 0.0329. The first-order valence-electron chi connectivity index (χ1n) is 7.24. The Bertz CT molecular complexity index is 470. The molecule has 2 fully saturated rings. The molecule has 1 aliphatic carbocycles. The SMILES string of the molecule is C[C@@H]1C[C@@H]2CCCC[C@@H]2N1C(=O)Nc1ccnn1C. The summed E-state index contributed by atoms with van der Waals surface area (Å²) in [6, 6.07) is 2.65. The van der Waals surface area contributed by atoms with Gasteiger partial charge in [0.25, 0.3) is 0 Å². The number of aromatic nitrogens is 2. The van der Waals surface area contributed by atoms with E-state index < -0.39 is 0 Å². The molecule has 1 aromatic rings. The first-order valence-corrected chi connectivity index (χ1v) is 7.24. The molecular weight excluding hydrogens is 240 g/mol. The number of likely N-dealkylation sites (tertiary alicyclic amines) is 1. The molecule has 1 saturated carbocycles. The number of hydrogen-bond donors (Lipinski definition) is 1. The molecule has 104 valence electrons. The number of carbonyl (C=O) groups excluding carboxylic acids is 1. The quantitative estimate of drug-likeness (QED) is 0.845. The standard InChI is InChI=1S/C14H22N4O/c1-10-9-11-5-3-4-6-12(11)18(10)14(19)16-13-7-8-15-17(13)2/h7-8,10-12H,3-6,9H2,1-2H3,(H,16,19)/t10-,11+,12+/m1/s1. The first-order chi connectivity index (χ1) is 9.16. The summed E-state index contributed by atoms with van der Waals surface area (Å²) in [6.07, 6.45) is 7.88. The van der Waals surface area contributed by atoms with E-state index in [2.05, 4.69) is 22.2 Å². The molecule has 1 N–H and O–H groups in total. The van der Waals surface area contributed by atoms with Crippen LogP contribution in [0.25, 0.3) is 0 Å². The highest BCUT2D eigenvalue weighted by Crippen LogP contribution is 2.39. The number of nitrogens with one attached hydrogen (secondary N) is 1. The largest absolute Gasteiger partial charge is 0.323 e. The lowest BCUT2D eigenvalue weighted by molar-refractivity contribution is 0.167. The van der Waals surface area contributed by atoms with Crippen molar-refractivity contribution in [2.24, 2.45) is 13.0 Å². The van der Waals surface area contributed by atoms with Crippen molar-refractivity contribution in [1.82, 2.24) is 14.7 Å². The summed E-state index contributed by atoms with van der Waals surface area (Å²) in [7, 11) is 1.84. The lowest BCUT2D eigenvalue weighted by Gasteiger charge is -2.33. The van der Waals surface area contributed by atoms with Crippen molar-refractivity contribution in [1.29, 1.82) is 0 Å². The number of carbonyl (C=O) groups is 1. The number of aryl methyl sites for hydroxylation is 1. The Kier molecular flexibility index (Phi) is 3.21. The fraction of sp³-hybridized carbons (Fsp3) is 0.714. The molecule has 0 unspecified atom stereocenters. The van der Waals surface area contributed by atoms with Crippen LogP contribution in [0.2, 0.25) is 0 Å². The topological polar surface area (TPSA) is 50.2 Å². The van der Waals surface area contributed by atoms with Crippen molar-refractivity contribution in [2.75, 3.05) is 5.32 Å². The number of anilines is 1. The maximum atomic E-state index is 12.5. The van der Waals surface area contributed by atoms with Crippen molar-refractivity contribution in [3.05, 3.63) is 12.3 Å². The van der Waals surface area contributed by atoms with E-state index >= 15 is 0 Å². The fourth-order valence-electron chi connectivity index (χ4n) is 3.73. The normalized spacial score (nSPS) is 30.2. The minimum absolute atomic E-state index is 0.0329. The second-order valence-corrected chi connectivity index (χ2v) is 5.87. The van der Waals surface area contributed by atoms with E-state index in [4.69, 9.17) is 0 Å². The minimum Gasteiger partial charge on any atom is -0.319 e. The highest BCUT2D eigenvalue weighted by atomic mass is 16.2. The zero-order chi connectivity index (χ0) is 13.4. The van der Waals surface area contributed by atoms with E-state index in [0.717, 1.165) is 18.7 Å². The van der Waals surface area contributed by atoms with Gasteiger partial charge in [-0.3, -0.25) is 10.00 Å². The molecule has 0 spiro atoms. The van der Waals surface area contributed by atoms with Crippen LogP contribution in [0.5, 0.6) is 0 Å². The molecule has 5 nitrogen and oxygen atoms in total. The predicted octanol–water partition coefficient (Wildman–Crippen LogP) is 2.61. The van der Waals surface area contributed by atoms with Gasteiger partial charge in [-0.25, -0.2) is 4.79 Å². The van der Waals surface area contributed by atoms with E-state index in [-0.39, 0.29) is 6.03 Å². The summed E-state index contributed by atoms with van der Waals surface area (Å²) in [5, 5.41) is 7.06. The molecule has 3 atom stereocenters. The van der Waals surface area contributed by atoms with E-state index in [0.29, 0.717) is 18.0 Å². The van der Waals surface area contributed by atoms with Crippen molar-refractivity contribution in [2.45, 2.75) is 51.1 Å². The second kappa shape index (κ2) is 4.87. The lowest BCUT2D eigenvalue weighted by Crippen LogP contribution is -2.44. The van der Waals surface area contributed by atoms with Crippen molar-refractivity contribution >= 4 is 11.8 Å². The molecule has 2 amide bonds. The number of amides is 2. The molecule has 5 heteroatoms. The Hall–Kier alpha value is -1.52. The summed E-state index contributed by atoms with van der Waals surface area (Å²) >= 11 is 0. The number of rotatable bonds is 1. The zero-order valence-corrected chi connectivity index (χ0v) is 11.7. The summed E-state index contributed by atoms with van der Waals surface area (Å²) in [4.78, 5) is 14.6. The van der Waals surface area contributed by atoms with E-state index in [1.807, 2.05) is 13.1 Å². The van der Waals surface area contributed by atoms with Crippen molar-refractivity contribution < 1.29 is 4.79 Å². The van der Waals surface area contributed by atoms with Gasteiger partial charge in [-0.15, -0.1) is 0 Å². The Morgan fingerprint density at radius 2 is 2.21 bits per heavy atom. The third kappa shape index (κ3) is 2.22. The van der Waals surface area contributed by atoms with Gasteiger partial charge in [0.05, 0.1) is 6.20 Å². The van der Waals surface area contributed by atoms with Crippen LogP contribution in [0.4, 0.5) is 10.6 Å². The molecule has 0 radical (unpaired) electrons. The van der Waals surface area contributed by atoms with Gasteiger partial charge in [0.15, 0.2) is 0 Å². The molecule has 1 aromatic heterocycles. The number of nitrogens with zero attached hydrogens (tertiary/aromatic N) is 3. The van der Waals surface area contributed by atoms with E-state index in [9.17, 15) is 4.79 Å². The fourth-order valence-corrected chi connectivity index (χ4v) is 3.73. The molecule has 2 aliphatic rings. The average Bonchev–Trinajstić information content (AvgIpc) is 2.92. The van der Waals surface area contributed by atoms with Crippen LogP contribution in [0, 0.1) is 5.92 Å². The van der Waals surface area contributed by atoms with Gasteiger partial charge in [-0.05, 0) is 32.1 Å². The van der Waals surface area contributed by atoms with Gasteiger partial charge in [-0.2, -0.15) is 5.10 Å². The van der Waals surface area contributed by atoms with Crippen LogP contribution in [-0.2, 0) is 7.05 Å². The van der Waals surface area contributed by atoms with Crippen LogP contribution in [0.1, 0.15) is 39.0 Å². The van der Waals surface area contributed by atoms with Crippen molar-refractivity contribution in [3.63, 3.8) is 0 Å². The molecule has 1 aliphatic heterocycles. The average molecular weight is 262 g/mol. The monoisotopic (exact) mass is 262 g/mol. The molecule has 2 heterocycles. The summed E-state index contributed by atoms with van der Waals surface area (Å²) in [6.45, 7) is 2.17. The van der Waals surface area contributed by atoms with Crippen LogP contribution >= 0.6 is 0 Å². The Labute approximate surface area is 114 Å². The Morgan fingerprint density at radius 3 is 2.95 bits per heavy atom. The van der Waals surface area contributed by atoms with E-state index in [1.54, 1.807) is 10.9 Å². The summed E-state index contributed by atoms with van der Waals surface area (Å²) in [5.74, 6) is 1.47. The summed E-state index contributed by atoms with van der Waals surface area (Å²) < 4.78 is 1.69. The lowest BCUT2D eigenvalue weighted by atomic mass is 9.85. The molecule has 0 aromatic carbocycles. The van der Waals surface area contributed by atoms with Gasteiger partial charge in [0.2, 0.25) is 0 Å². The van der Waals surface area contributed by atoms with Crippen molar-refractivity contribution in [3.8, 4) is 0 Å². The Morgan fingerprint density at radius 1 is 1.42 bits per heavy atom. The van der Waals surface area contributed by atoms with Gasteiger partial charge >= 0.3 is 6.03 Å². The van der Waals surface area contributed by atoms with E-state index in [1.165, 1.54) is 19.3 Å². The second-order valence-electron chi connectivity index (χ2n) is 5.87. The number of hydrogen-bond acceptors (Lipinski definition) is 2. The summed E-state index contributed by atoms with van der Waals surface area (Å²) in [5.41, 5.74) is 0. The first kappa shape index (κ1) is 12.5. The van der Waals surface area contributed by atoms with Crippen LogP contribution in [0.3, 0.4) is 0 Å². The van der Waals surface area contributed by atoms with Gasteiger partial charge in [0, 0.05) is 25.2 Å². The molecule has 19 heavy (non-hydrogen) atoms. The molecule has 3 rings (SSSR count). The predicted molar refractivity (Wildman–Crippen MR) is 73.9 cm³/mol. The Balaban J connectivity index is 1.73. The van der Waals surface area contributed by atoms with Crippen LogP contribution in [-0.4, -0.2) is 32.8 Å². The van der Waals surface area contributed by atoms with Gasteiger partial charge in [-0.1, -0.05) is 12.8 Å². The maximum Gasteiger partial charge on any atom is 0.323 e. The zero-order valence-electron chi connectivity index (χ0n) is 11.7. The van der Waals surface area contributed by atoms with Crippen LogP contribution < -0.4 is 5.32 Å². The highest BCUT2D eigenvalue weighted by Gasteiger charge is 2.42. The highest BCUT2D eigenvalue weighted by molar-refractivity contribution is 5.89. The third-order valence-electron chi connectivity index (χ3n) is 4.64. The molecule has 1 saturated heterocycles. The van der Waals surface area contributed by atoms with Crippen LogP contribution in [0.15, 0.2) is 12.3 Å². The molecule has 0 bridgehead atoms. The number of fused-ring (bicyclic) bond motifs is 1. The van der Waals surface area contributed by atoms with Gasteiger partial charge < -0.3 is 4.90 Å². The maximum absolute atomic E-state index is 12.5.